The van der Waals surface area contributed by atoms with Crippen LogP contribution in [0.4, 0.5) is 32.0 Å². The molecule has 0 fully saturated rings. The number of amides is 1. The molecule has 0 unspecified atom stereocenters. The minimum Gasteiger partial charge on any atom is -0.419 e. The number of fused-ring (bicyclic) bond motifs is 1. The van der Waals surface area contributed by atoms with Crippen LogP contribution < -0.4 is 15.4 Å². The van der Waals surface area contributed by atoms with Gasteiger partial charge in [-0.1, -0.05) is 24.3 Å². The van der Waals surface area contributed by atoms with Crippen molar-refractivity contribution in [1.29, 1.82) is 0 Å². The van der Waals surface area contributed by atoms with Crippen molar-refractivity contribution < 1.29 is 48.7 Å². The first kappa shape index (κ1) is 32.9. The average molecular weight is 670 g/mol. The van der Waals surface area contributed by atoms with E-state index in [1.54, 1.807) is 24.3 Å². The summed E-state index contributed by atoms with van der Waals surface area (Å²) in [7, 11) is -3.76. The first-order valence-electron chi connectivity index (χ1n) is 13.4. The fourth-order valence-electron chi connectivity index (χ4n) is 4.64. The molecule has 1 atom stereocenters. The predicted octanol–water partition coefficient (Wildman–Crippen LogP) is 5.47. The van der Waals surface area contributed by atoms with Gasteiger partial charge in [-0.15, -0.1) is 23.4 Å². The van der Waals surface area contributed by atoms with E-state index < -0.39 is 73.8 Å². The molecule has 0 saturated carbocycles. The first-order valence-corrected chi connectivity index (χ1v) is 15.3. The highest BCUT2D eigenvalue weighted by molar-refractivity contribution is 7.91. The number of nitrogens with two attached hydrogens (primary N) is 1. The molecule has 0 spiro atoms. The monoisotopic (exact) mass is 669 g/mol. The number of carbonyl (C=O) groups is 1. The van der Waals surface area contributed by atoms with Crippen molar-refractivity contribution in [2.24, 2.45) is 5.73 Å². The highest BCUT2D eigenvalue weighted by atomic mass is 32.2. The number of alkyl halides is 5. The van der Waals surface area contributed by atoms with Crippen LogP contribution in [0.25, 0.3) is 22.7 Å². The lowest BCUT2D eigenvalue weighted by molar-refractivity contribution is -0.274. The number of pyridine rings is 1. The Labute approximate surface area is 258 Å². The Kier molecular flexibility index (Phi) is 8.13. The van der Waals surface area contributed by atoms with Crippen molar-refractivity contribution in [3.63, 3.8) is 0 Å². The van der Waals surface area contributed by atoms with Gasteiger partial charge in [0.15, 0.2) is 9.84 Å². The van der Waals surface area contributed by atoms with Crippen LogP contribution in [0.1, 0.15) is 37.3 Å². The second kappa shape index (κ2) is 11.4. The van der Waals surface area contributed by atoms with Gasteiger partial charge in [0.05, 0.1) is 35.7 Å². The Hall–Kier alpha value is -4.51. The van der Waals surface area contributed by atoms with E-state index in [1.807, 2.05) is 0 Å². The third-order valence-corrected chi connectivity index (χ3v) is 9.52. The lowest BCUT2D eigenvalue weighted by Gasteiger charge is -2.25. The molecule has 244 valence electrons. The molecule has 17 heteroatoms. The van der Waals surface area contributed by atoms with Crippen LogP contribution in [-0.2, 0) is 31.8 Å². The summed E-state index contributed by atoms with van der Waals surface area (Å²) in [5.74, 6) is -7.15. The average Bonchev–Trinajstić information content (AvgIpc) is 3.44. The number of hydrogen-bond donors (Lipinski definition) is 1. The number of sulfone groups is 1. The zero-order valence-corrected chi connectivity index (χ0v) is 25.1. The van der Waals surface area contributed by atoms with Crippen molar-refractivity contribution in [3.05, 3.63) is 77.6 Å². The molecule has 2 aromatic heterocycles. The van der Waals surface area contributed by atoms with E-state index in [4.69, 9.17) is 10.2 Å². The maximum Gasteiger partial charge on any atom is 0.573 e. The number of ether oxygens (including phenoxy) is 1. The maximum absolute atomic E-state index is 15.4. The molecule has 10 nitrogen and oxygen atoms in total. The molecule has 0 saturated heterocycles. The van der Waals surface area contributed by atoms with Crippen molar-refractivity contribution in [2.45, 2.75) is 49.9 Å². The van der Waals surface area contributed by atoms with Crippen LogP contribution in [0.5, 0.6) is 5.75 Å². The van der Waals surface area contributed by atoms with Gasteiger partial charge in [-0.2, -0.15) is 0 Å². The molecular formula is C29H25F6N5O5S. The van der Waals surface area contributed by atoms with Gasteiger partial charge in [0, 0.05) is 23.8 Å². The van der Waals surface area contributed by atoms with Gasteiger partial charge in [0.1, 0.15) is 16.3 Å². The predicted molar refractivity (Wildman–Crippen MR) is 152 cm³/mol. The second-order valence-corrected chi connectivity index (χ2v) is 13.7. The quantitative estimate of drug-likeness (QED) is 0.254. The summed E-state index contributed by atoms with van der Waals surface area (Å²) in [5, 5.41) is 7.46. The van der Waals surface area contributed by atoms with Gasteiger partial charge in [0.2, 0.25) is 11.8 Å². The molecule has 2 N–H and O–H groups in total. The maximum atomic E-state index is 15.4. The third-order valence-electron chi connectivity index (χ3n) is 7.49. The zero-order chi connectivity index (χ0) is 33.8. The smallest absolute Gasteiger partial charge is 0.419 e. The molecule has 3 heterocycles. The standard InChI is InChI=1S/C29H25F6N5O5S/c1-27(2,46(3,42)43)26-39-38-24(44-26)18-10-23-19(11-20(18)30)28(31,32)12-21(36)25(41)40(23)14-15-4-6-16(7-5-15)22-9-8-17(13-37-22)45-29(33,34)35/h4-11,13,21H,12,14,36H2,1-3H3/t21-/m1/s1. The van der Waals surface area contributed by atoms with Crippen molar-refractivity contribution in [1.82, 2.24) is 15.2 Å². The number of carbonyl (C=O) groups excluding carboxylic acids is 1. The SMILES string of the molecule is CC(C)(c1nnc(-c2cc3c(cc2F)C(F)(F)C[C@@H](N)C(=O)N3Cc2ccc(-c3ccc(OC(F)(F)F)cn3)cc2)o1)S(C)(=O)=O. The summed E-state index contributed by atoms with van der Waals surface area (Å²) < 4.78 is 115. The molecule has 1 amide bonds. The van der Waals surface area contributed by atoms with Crippen LogP contribution in [0.3, 0.4) is 0 Å². The number of nitrogens with zero attached hydrogens (tertiary/aromatic N) is 4. The number of aromatic nitrogens is 3. The van der Waals surface area contributed by atoms with E-state index in [9.17, 15) is 26.4 Å². The third kappa shape index (κ3) is 6.42. The zero-order valence-electron chi connectivity index (χ0n) is 24.3. The minimum atomic E-state index is -4.88. The number of halogens is 6. The Morgan fingerprint density at radius 1 is 1.09 bits per heavy atom. The molecule has 0 bridgehead atoms. The van der Waals surface area contributed by atoms with Crippen molar-refractivity contribution in [2.75, 3.05) is 11.2 Å². The topological polar surface area (TPSA) is 142 Å². The normalized spacial score (nSPS) is 17.0. The Bertz CT molecular complexity index is 1890. The largest absolute Gasteiger partial charge is 0.573 e. The Morgan fingerprint density at radius 3 is 2.35 bits per heavy atom. The van der Waals surface area contributed by atoms with Gasteiger partial charge in [0.25, 0.3) is 11.8 Å². The molecular weight excluding hydrogens is 644 g/mol. The number of hydrogen-bond acceptors (Lipinski definition) is 9. The number of rotatable bonds is 7. The van der Waals surface area contributed by atoms with E-state index in [2.05, 4.69) is 19.9 Å². The van der Waals surface area contributed by atoms with E-state index >= 15 is 13.2 Å². The Morgan fingerprint density at radius 2 is 1.76 bits per heavy atom. The summed E-state index contributed by atoms with van der Waals surface area (Å²) in [6, 6.07) is 8.43. The van der Waals surface area contributed by atoms with E-state index in [0.717, 1.165) is 29.5 Å². The van der Waals surface area contributed by atoms with E-state index in [1.165, 1.54) is 19.9 Å². The summed E-state index contributed by atoms with van der Waals surface area (Å²) >= 11 is 0. The van der Waals surface area contributed by atoms with Gasteiger partial charge >= 0.3 is 6.36 Å². The summed E-state index contributed by atoms with van der Waals surface area (Å²) in [6.07, 6.45) is -4.13. The molecule has 0 radical (unpaired) electrons. The van der Waals surface area contributed by atoms with Crippen LogP contribution in [0.15, 0.2) is 59.1 Å². The minimum absolute atomic E-state index is 0.289. The molecule has 1 aliphatic heterocycles. The van der Waals surface area contributed by atoms with Crippen LogP contribution in [-0.4, -0.2) is 48.2 Å². The van der Waals surface area contributed by atoms with E-state index in [-0.39, 0.29) is 18.1 Å². The molecule has 1 aliphatic rings. The Balaban J connectivity index is 1.51. The van der Waals surface area contributed by atoms with Gasteiger partial charge < -0.3 is 19.8 Å². The van der Waals surface area contributed by atoms with Crippen molar-refractivity contribution >= 4 is 21.4 Å². The van der Waals surface area contributed by atoms with Crippen molar-refractivity contribution in [3.8, 4) is 28.5 Å². The molecule has 46 heavy (non-hydrogen) atoms. The highest BCUT2D eigenvalue weighted by Crippen LogP contribution is 2.45. The van der Waals surface area contributed by atoms with Crippen LogP contribution in [0.2, 0.25) is 0 Å². The van der Waals surface area contributed by atoms with Crippen LogP contribution >= 0.6 is 0 Å². The highest BCUT2D eigenvalue weighted by Gasteiger charge is 2.45. The number of anilines is 1. The molecule has 5 rings (SSSR count). The van der Waals surface area contributed by atoms with Gasteiger partial charge in [-0.3, -0.25) is 9.78 Å². The van der Waals surface area contributed by atoms with E-state index in [0.29, 0.717) is 22.9 Å². The molecule has 4 aromatic rings. The summed E-state index contributed by atoms with van der Waals surface area (Å²) in [5.41, 5.74) is 5.43. The van der Waals surface area contributed by atoms with Crippen LogP contribution in [0, 0.1) is 5.82 Å². The first-order chi connectivity index (χ1) is 21.3. The number of benzene rings is 2. The summed E-state index contributed by atoms with van der Waals surface area (Å²) in [6.45, 7) is 2.31. The van der Waals surface area contributed by atoms with Gasteiger partial charge in [-0.25, -0.2) is 21.6 Å². The summed E-state index contributed by atoms with van der Waals surface area (Å²) in [4.78, 5) is 18.3. The van der Waals surface area contributed by atoms with Gasteiger partial charge in [-0.05, 0) is 43.7 Å². The lowest BCUT2D eigenvalue weighted by atomic mass is 9.99. The second-order valence-electron chi connectivity index (χ2n) is 11.1. The molecule has 0 aliphatic carbocycles. The fraction of sp³-hybridized carbons (Fsp3) is 0.310. The lowest BCUT2D eigenvalue weighted by Crippen LogP contribution is -2.43. The molecule has 2 aromatic carbocycles. The fourth-order valence-corrected chi connectivity index (χ4v) is 5.04.